The highest BCUT2D eigenvalue weighted by Crippen LogP contribution is 2.12. The van der Waals surface area contributed by atoms with Crippen molar-refractivity contribution in [3.8, 4) is 5.75 Å². The van der Waals surface area contributed by atoms with Gasteiger partial charge in [0.05, 0.1) is 13.7 Å². The van der Waals surface area contributed by atoms with Crippen LogP contribution in [-0.2, 0) is 11.4 Å². The maximum absolute atomic E-state index is 8.28. The fourth-order valence-corrected chi connectivity index (χ4v) is 1.14. The fraction of sp³-hybridized carbons (Fsp3) is 0.300. The lowest BCUT2D eigenvalue weighted by molar-refractivity contribution is -0.270. The van der Waals surface area contributed by atoms with Gasteiger partial charge in [0, 0.05) is 6.72 Å². The van der Waals surface area contributed by atoms with Crippen LogP contribution in [0.4, 0.5) is 0 Å². The van der Waals surface area contributed by atoms with Gasteiger partial charge in [-0.25, -0.2) is 10.1 Å². The molecule has 15 heavy (non-hydrogen) atoms. The highest BCUT2D eigenvalue weighted by molar-refractivity contribution is 5.27. The molecule has 5 nitrogen and oxygen atoms in total. The molecule has 82 valence electrons. The van der Waals surface area contributed by atoms with Crippen molar-refractivity contribution >= 4 is 6.72 Å². The molecule has 0 atom stereocenters. The number of ether oxygens (including phenoxy) is 1. The van der Waals surface area contributed by atoms with Crippen LogP contribution in [0.5, 0.6) is 5.75 Å². The summed E-state index contributed by atoms with van der Waals surface area (Å²) in [5.41, 5.74) is 1.03. The average Bonchev–Trinajstić information content (AvgIpc) is 2.29. The van der Waals surface area contributed by atoms with Gasteiger partial charge in [0.15, 0.2) is 6.73 Å². The standard InChI is InChI=1S/C10H14N2O3/c1-11-12(8-15-13)7-9-3-5-10(14-2)6-4-9/h3-6,13H,1,7-8H2,2H3. The third-order valence-electron chi connectivity index (χ3n) is 1.93. The zero-order valence-electron chi connectivity index (χ0n) is 8.59. The van der Waals surface area contributed by atoms with E-state index in [0.717, 1.165) is 11.3 Å². The zero-order chi connectivity index (χ0) is 11.1. The minimum atomic E-state index is -0.00444. The predicted molar refractivity (Wildman–Crippen MR) is 56.7 cm³/mol. The second-order valence-electron chi connectivity index (χ2n) is 2.91. The lowest BCUT2D eigenvalue weighted by Gasteiger charge is -2.16. The van der Waals surface area contributed by atoms with E-state index in [9.17, 15) is 0 Å². The normalized spacial score (nSPS) is 9.73. The summed E-state index contributed by atoms with van der Waals surface area (Å²) in [6, 6.07) is 7.54. The third kappa shape index (κ3) is 3.57. The van der Waals surface area contributed by atoms with Crippen molar-refractivity contribution in [2.24, 2.45) is 5.10 Å². The van der Waals surface area contributed by atoms with E-state index in [1.54, 1.807) is 7.11 Å². The van der Waals surface area contributed by atoms with Gasteiger partial charge in [-0.1, -0.05) is 12.1 Å². The molecule has 0 amide bonds. The Hall–Kier alpha value is -1.59. The van der Waals surface area contributed by atoms with E-state index >= 15 is 0 Å². The number of methoxy groups -OCH3 is 1. The van der Waals surface area contributed by atoms with Crippen LogP contribution in [0, 0.1) is 0 Å². The van der Waals surface area contributed by atoms with Crippen LogP contribution in [0.2, 0.25) is 0 Å². The molecule has 1 aromatic carbocycles. The van der Waals surface area contributed by atoms with Crippen molar-refractivity contribution in [1.82, 2.24) is 5.01 Å². The number of hydrogen-bond acceptors (Lipinski definition) is 5. The molecule has 1 aromatic rings. The molecule has 0 aliphatic carbocycles. The summed E-state index contributed by atoms with van der Waals surface area (Å²) in [6.07, 6.45) is 0. The minimum absolute atomic E-state index is 0.00444. The first kappa shape index (κ1) is 11.5. The summed E-state index contributed by atoms with van der Waals surface area (Å²) in [5, 5.41) is 13.4. The van der Waals surface area contributed by atoms with Crippen molar-refractivity contribution < 1.29 is 14.9 Å². The maximum Gasteiger partial charge on any atom is 0.169 e. The van der Waals surface area contributed by atoms with Gasteiger partial charge < -0.3 is 4.74 Å². The molecular formula is C10H14N2O3. The minimum Gasteiger partial charge on any atom is -0.497 e. The average molecular weight is 210 g/mol. The molecule has 5 heteroatoms. The summed E-state index contributed by atoms with van der Waals surface area (Å²) in [4.78, 5) is 3.98. The van der Waals surface area contributed by atoms with E-state index in [1.807, 2.05) is 24.3 Å². The molecule has 0 spiro atoms. The number of benzene rings is 1. The highest BCUT2D eigenvalue weighted by Gasteiger charge is 2.01. The van der Waals surface area contributed by atoms with Gasteiger partial charge in [0.2, 0.25) is 0 Å². The van der Waals surface area contributed by atoms with E-state index in [-0.39, 0.29) is 6.73 Å². The smallest absolute Gasteiger partial charge is 0.169 e. The fourth-order valence-electron chi connectivity index (χ4n) is 1.14. The summed E-state index contributed by atoms with van der Waals surface area (Å²) < 4.78 is 5.03. The lowest BCUT2D eigenvalue weighted by atomic mass is 10.2. The van der Waals surface area contributed by atoms with Crippen molar-refractivity contribution in [3.63, 3.8) is 0 Å². The number of rotatable bonds is 6. The van der Waals surface area contributed by atoms with Crippen molar-refractivity contribution in [3.05, 3.63) is 29.8 Å². The first-order valence-corrected chi connectivity index (χ1v) is 4.41. The quantitative estimate of drug-likeness (QED) is 0.335. The molecular weight excluding hydrogens is 196 g/mol. The van der Waals surface area contributed by atoms with Crippen LogP contribution in [0.3, 0.4) is 0 Å². The van der Waals surface area contributed by atoms with Gasteiger partial charge in [-0.3, -0.25) is 5.01 Å². The Kier molecular flexibility index (Phi) is 4.59. The van der Waals surface area contributed by atoms with Gasteiger partial charge in [0.25, 0.3) is 0 Å². The maximum atomic E-state index is 8.28. The van der Waals surface area contributed by atoms with Gasteiger partial charge in [-0.05, 0) is 17.7 Å². The molecule has 0 radical (unpaired) electrons. The largest absolute Gasteiger partial charge is 0.497 e. The van der Waals surface area contributed by atoms with Crippen LogP contribution in [0.15, 0.2) is 29.4 Å². The second-order valence-corrected chi connectivity index (χ2v) is 2.91. The van der Waals surface area contributed by atoms with Crippen LogP contribution in [0.25, 0.3) is 0 Å². The van der Waals surface area contributed by atoms with Gasteiger partial charge in [0.1, 0.15) is 5.75 Å². The molecule has 0 aliphatic rings. The molecule has 0 saturated heterocycles. The lowest BCUT2D eigenvalue weighted by Crippen LogP contribution is -2.19. The number of hydrogen-bond donors (Lipinski definition) is 1. The first-order valence-electron chi connectivity index (χ1n) is 4.41. The van der Waals surface area contributed by atoms with Crippen LogP contribution in [0.1, 0.15) is 5.56 Å². The Bertz CT molecular complexity index is 300. The summed E-state index contributed by atoms with van der Waals surface area (Å²) >= 11 is 0. The highest BCUT2D eigenvalue weighted by atomic mass is 17.1. The summed E-state index contributed by atoms with van der Waals surface area (Å²) in [5.74, 6) is 0.801. The SMILES string of the molecule is C=NN(COO)Cc1ccc(OC)cc1. The Labute approximate surface area is 88.5 Å². The van der Waals surface area contributed by atoms with Crippen molar-refractivity contribution in [2.45, 2.75) is 6.54 Å². The summed E-state index contributed by atoms with van der Waals surface area (Å²) in [7, 11) is 1.62. The number of nitrogens with zero attached hydrogens (tertiary/aromatic N) is 2. The second kappa shape index (κ2) is 6.00. The first-order chi connectivity index (χ1) is 7.30. The van der Waals surface area contributed by atoms with Gasteiger partial charge >= 0.3 is 0 Å². The molecule has 0 saturated carbocycles. The summed E-state index contributed by atoms with van der Waals surface area (Å²) in [6.45, 7) is 3.89. The molecule has 0 heterocycles. The number of hydrazone groups is 1. The van der Waals surface area contributed by atoms with E-state index < -0.39 is 0 Å². The Balaban J connectivity index is 2.58. The zero-order valence-corrected chi connectivity index (χ0v) is 8.59. The van der Waals surface area contributed by atoms with Crippen LogP contribution >= 0.6 is 0 Å². The Morgan fingerprint density at radius 3 is 2.53 bits per heavy atom. The van der Waals surface area contributed by atoms with Gasteiger partial charge in [-0.2, -0.15) is 5.10 Å². The molecule has 1 rings (SSSR count). The Morgan fingerprint density at radius 1 is 1.40 bits per heavy atom. The van der Waals surface area contributed by atoms with Crippen LogP contribution < -0.4 is 4.74 Å². The monoisotopic (exact) mass is 210 g/mol. The van der Waals surface area contributed by atoms with Crippen molar-refractivity contribution in [1.29, 1.82) is 0 Å². The van der Waals surface area contributed by atoms with E-state index in [0.29, 0.717) is 6.54 Å². The molecule has 0 aliphatic heterocycles. The van der Waals surface area contributed by atoms with E-state index in [4.69, 9.17) is 9.99 Å². The van der Waals surface area contributed by atoms with Crippen molar-refractivity contribution in [2.75, 3.05) is 13.8 Å². The molecule has 0 aromatic heterocycles. The molecule has 0 bridgehead atoms. The van der Waals surface area contributed by atoms with E-state index in [1.165, 1.54) is 5.01 Å². The Morgan fingerprint density at radius 2 is 2.07 bits per heavy atom. The molecule has 0 fully saturated rings. The predicted octanol–water partition coefficient (Wildman–Crippen LogP) is 1.56. The van der Waals surface area contributed by atoms with Gasteiger partial charge in [-0.15, -0.1) is 0 Å². The van der Waals surface area contributed by atoms with Crippen LogP contribution in [-0.4, -0.2) is 30.8 Å². The molecule has 1 N–H and O–H groups in total. The third-order valence-corrected chi connectivity index (χ3v) is 1.93. The van der Waals surface area contributed by atoms with E-state index in [2.05, 4.69) is 16.7 Å². The topological polar surface area (TPSA) is 54.3 Å². The molecule has 0 unspecified atom stereocenters.